The molecule has 14 heavy (non-hydrogen) atoms. The maximum Gasteiger partial charge on any atom is 0.220 e. The molecule has 1 N–H and O–H groups in total. The lowest BCUT2D eigenvalue weighted by Gasteiger charge is -2.22. The van der Waals surface area contributed by atoms with Crippen molar-refractivity contribution in [2.45, 2.75) is 18.8 Å². The molecule has 1 aromatic rings. The zero-order chi connectivity index (χ0) is 9.97. The predicted molar refractivity (Wildman–Crippen MR) is 51.4 cm³/mol. The van der Waals surface area contributed by atoms with Crippen molar-refractivity contribution in [3.05, 3.63) is 35.6 Å². The fourth-order valence-corrected chi connectivity index (χ4v) is 1.83. The first kappa shape index (κ1) is 9.19. The van der Waals surface area contributed by atoms with E-state index in [1.54, 1.807) is 6.07 Å². The smallest absolute Gasteiger partial charge is 0.220 e. The summed E-state index contributed by atoms with van der Waals surface area (Å²) in [5, 5.41) is 2.76. The lowest BCUT2D eigenvalue weighted by molar-refractivity contribution is -0.122. The summed E-state index contributed by atoms with van der Waals surface area (Å²) in [4.78, 5) is 11.1. The van der Waals surface area contributed by atoms with Gasteiger partial charge in [-0.05, 0) is 30.0 Å². The van der Waals surface area contributed by atoms with Crippen LogP contribution >= 0.6 is 0 Å². The highest BCUT2D eigenvalue weighted by Gasteiger charge is 2.20. The van der Waals surface area contributed by atoms with Crippen LogP contribution in [-0.4, -0.2) is 12.5 Å². The Bertz CT molecular complexity index is 351. The second-order valence-corrected chi connectivity index (χ2v) is 3.59. The number of halogens is 1. The van der Waals surface area contributed by atoms with Gasteiger partial charge in [0.2, 0.25) is 5.91 Å². The summed E-state index contributed by atoms with van der Waals surface area (Å²) in [6.45, 7) is 0.694. The van der Waals surface area contributed by atoms with Crippen LogP contribution in [0.4, 0.5) is 4.39 Å². The highest BCUT2D eigenvalue weighted by atomic mass is 19.1. The molecule has 0 aliphatic carbocycles. The molecule has 0 spiro atoms. The van der Waals surface area contributed by atoms with Crippen molar-refractivity contribution < 1.29 is 9.18 Å². The van der Waals surface area contributed by atoms with Gasteiger partial charge in [-0.2, -0.15) is 0 Å². The number of carbonyl (C=O) groups is 1. The average molecular weight is 193 g/mol. The van der Waals surface area contributed by atoms with Crippen molar-refractivity contribution in [2.75, 3.05) is 6.54 Å². The third kappa shape index (κ3) is 1.92. The Kier molecular flexibility index (Phi) is 2.48. The van der Waals surface area contributed by atoms with Crippen LogP contribution in [0.15, 0.2) is 24.3 Å². The molecular weight excluding hydrogens is 181 g/mol. The minimum absolute atomic E-state index is 0.0607. The molecule has 74 valence electrons. The van der Waals surface area contributed by atoms with Gasteiger partial charge in [0, 0.05) is 13.0 Å². The third-order valence-corrected chi connectivity index (χ3v) is 2.57. The second kappa shape index (κ2) is 3.78. The van der Waals surface area contributed by atoms with Crippen LogP contribution in [0.2, 0.25) is 0 Å². The maximum absolute atomic E-state index is 12.9. The van der Waals surface area contributed by atoms with E-state index in [1.807, 2.05) is 6.07 Å². The molecule has 3 heteroatoms. The molecular formula is C11H12FNO. The molecule has 1 heterocycles. The van der Waals surface area contributed by atoms with E-state index < -0.39 is 0 Å². The number of nitrogens with one attached hydrogen (secondary N) is 1. The van der Waals surface area contributed by atoms with Crippen LogP contribution in [0, 0.1) is 5.82 Å². The van der Waals surface area contributed by atoms with Crippen molar-refractivity contribution in [2.24, 2.45) is 0 Å². The number of benzene rings is 1. The van der Waals surface area contributed by atoms with Gasteiger partial charge in [0.05, 0.1) is 0 Å². The number of amides is 1. The van der Waals surface area contributed by atoms with Crippen molar-refractivity contribution >= 4 is 5.91 Å². The molecule has 1 aliphatic heterocycles. The molecule has 0 unspecified atom stereocenters. The van der Waals surface area contributed by atoms with Gasteiger partial charge in [-0.1, -0.05) is 12.1 Å². The second-order valence-electron chi connectivity index (χ2n) is 3.59. The summed E-state index contributed by atoms with van der Waals surface area (Å²) >= 11 is 0. The van der Waals surface area contributed by atoms with Crippen molar-refractivity contribution in [1.29, 1.82) is 0 Å². The van der Waals surface area contributed by atoms with Gasteiger partial charge in [0.15, 0.2) is 0 Å². The fourth-order valence-electron chi connectivity index (χ4n) is 1.83. The Balaban J connectivity index is 2.17. The molecule has 0 bridgehead atoms. The molecule has 1 amide bonds. The first-order valence-corrected chi connectivity index (χ1v) is 4.78. The van der Waals surface area contributed by atoms with Crippen LogP contribution in [0.5, 0.6) is 0 Å². The molecule has 0 radical (unpaired) electrons. The van der Waals surface area contributed by atoms with E-state index in [0.29, 0.717) is 13.0 Å². The highest BCUT2D eigenvalue weighted by molar-refractivity contribution is 5.77. The van der Waals surface area contributed by atoms with Gasteiger partial charge in [0.25, 0.3) is 0 Å². The Labute approximate surface area is 82.1 Å². The topological polar surface area (TPSA) is 29.1 Å². The Hall–Kier alpha value is -1.38. The summed E-state index contributed by atoms with van der Waals surface area (Å²) in [5.41, 5.74) is 0.930. The van der Waals surface area contributed by atoms with Crippen molar-refractivity contribution in [3.8, 4) is 0 Å². The molecule has 1 atom stereocenters. The number of rotatable bonds is 1. The lowest BCUT2D eigenvalue weighted by Crippen LogP contribution is -2.32. The van der Waals surface area contributed by atoms with Gasteiger partial charge in [0.1, 0.15) is 5.82 Å². The first-order valence-electron chi connectivity index (χ1n) is 4.78. The standard InChI is InChI=1S/C11H12FNO/c12-10-3-1-2-8(6-10)9-4-5-13-11(14)7-9/h1-3,6,9H,4-5,7H2,(H,13,14)/t9-/m0/s1. The molecule has 0 saturated carbocycles. The van der Waals surface area contributed by atoms with Crippen LogP contribution in [0.1, 0.15) is 24.3 Å². The number of piperidine rings is 1. The number of hydrogen-bond acceptors (Lipinski definition) is 1. The van der Waals surface area contributed by atoms with E-state index in [-0.39, 0.29) is 17.6 Å². The monoisotopic (exact) mass is 193 g/mol. The fraction of sp³-hybridized carbons (Fsp3) is 0.364. The third-order valence-electron chi connectivity index (χ3n) is 2.57. The van der Waals surface area contributed by atoms with Crippen LogP contribution in [-0.2, 0) is 4.79 Å². The molecule has 1 fully saturated rings. The van der Waals surface area contributed by atoms with E-state index in [4.69, 9.17) is 0 Å². The van der Waals surface area contributed by atoms with E-state index in [2.05, 4.69) is 5.32 Å². The summed E-state index contributed by atoms with van der Waals surface area (Å²) in [6.07, 6.45) is 1.37. The normalized spacial score (nSPS) is 21.8. The largest absolute Gasteiger partial charge is 0.356 e. The lowest BCUT2D eigenvalue weighted by atomic mass is 9.90. The minimum atomic E-state index is -0.228. The number of hydrogen-bond donors (Lipinski definition) is 1. The Morgan fingerprint density at radius 3 is 3.00 bits per heavy atom. The first-order chi connectivity index (χ1) is 6.75. The Morgan fingerprint density at radius 2 is 2.29 bits per heavy atom. The summed E-state index contributed by atoms with van der Waals surface area (Å²) in [7, 11) is 0. The molecule has 1 aliphatic rings. The summed E-state index contributed by atoms with van der Waals surface area (Å²) in [6, 6.07) is 6.51. The molecule has 1 aromatic carbocycles. The van der Waals surface area contributed by atoms with E-state index in [9.17, 15) is 9.18 Å². The van der Waals surface area contributed by atoms with Gasteiger partial charge in [-0.15, -0.1) is 0 Å². The summed E-state index contributed by atoms with van der Waals surface area (Å²) < 4.78 is 12.9. The van der Waals surface area contributed by atoms with Gasteiger partial charge >= 0.3 is 0 Å². The molecule has 2 rings (SSSR count). The molecule has 2 nitrogen and oxygen atoms in total. The quantitative estimate of drug-likeness (QED) is 0.724. The average Bonchev–Trinajstić information content (AvgIpc) is 2.18. The van der Waals surface area contributed by atoms with Crippen LogP contribution in [0.25, 0.3) is 0 Å². The molecule has 0 aromatic heterocycles. The zero-order valence-corrected chi connectivity index (χ0v) is 7.79. The van der Waals surface area contributed by atoms with Crippen molar-refractivity contribution in [3.63, 3.8) is 0 Å². The Morgan fingerprint density at radius 1 is 1.43 bits per heavy atom. The van der Waals surface area contributed by atoms with Gasteiger partial charge in [-0.3, -0.25) is 4.79 Å². The van der Waals surface area contributed by atoms with Gasteiger partial charge < -0.3 is 5.32 Å². The van der Waals surface area contributed by atoms with E-state index >= 15 is 0 Å². The van der Waals surface area contributed by atoms with Crippen LogP contribution in [0.3, 0.4) is 0 Å². The zero-order valence-electron chi connectivity index (χ0n) is 7.79. The van der Waals surface area contributed by atoms with E-state index in [0.717, 1.165) is 12.0 Å². The number of carbonyl (C=O) groups excluding carboxylic acids is 1. The minimum Gasteiger partial charge on any atom is -0.356 e. The van der Waals surface area contributed by atoms with Gasteiger partial charge in [-0.25, -0.2) is 4.39 Å². The van der Waals surface area contributed by atoms with Crippen molar-refractivity contribution in [1.82, 2.24) is 5.32 Å². The molecule has 1 saturated heterocycles. The van der Waals surface area contributed by atoms with E-state index in [1.165, 1.54) is 12.1 Å². The highest BCUT2D eigenvalue weighted by Crippen LogP contribution is 2.25. The summed E-state index contributed by atoms with van der Waals surface area (Å²) in [5.74, 6) is 0.0124. The SMILES string of the molecule is O=C1C[C@@H](c2cccc(F)c2)CCN1. The maximum atomic E-state index is 12.9. The van der Waals surface area contributed by atoms with Crippen LogP contribution < -0.4 is 5.32 Å². The predicted octanol–water partition coefficient (Wildman–Crippen LogP) is 1.82.